The van der Waals surface area contributed by atoms with Crippen molar-refractivity contribution in [3.63, 3.8) is 0 Å². The van der Waals surface area contributed by atoms with E-state index in [0.717, 1.165) is 5.57 Å². The molecule has 0 radical (unpaired) electrons. The smallest absolute Gasteiger partial charge is 0.159 e. The summed E-state index contributed by atoms with van der Waals surface area (Å²) in [6, 6.07) is 0. The Morgan fingerprint density at radius 2 is 2.00 bits per heavy atom. The van der Waals surface area contributed by atoms with Gasteiger partial charge in [-0.05, 0) is 32.4 Å². The summed E-state index contributed by atoms with van der Waals surface area (Å²) in [6.07, 6.45) is 5.75. The lowest BCUT2D eigenvalue weighted by atomic mass is 10.0. The summed E-state index contributed by atoms with van der Waals surface area (Å²) >= 11 is 0. The molecule has 0 saturated carbocycles. The van der Waals surface area contributed by atoms with E-state index in [4.69, 9.17) is 0 Å². The van der Waals surface area contributed by atoms with E-state index < -0.39 is 0 Å². The summed E-state index contributed by atoms with van der Waals surface area (Å²) in [5.74, 6) is 0.0734. The van der Waals surface area contributed by atoms with Gasteiger partial charge in [-0.25, -0.2) is 0 Å². The van der Waals surface area contributed by atoms with E-state index in [0.29, 0.717) is 6.42 Å². The molecule has 0 aromatic carbocycles. The Morgan fingerprint density at radius 1 is 1.42 bits per heavy atom. The molecule has 0 heterocycles. The summed E-state index contributed by atoms with van der Waals surface area (Å²) in [4.78, 5) is 11.0. The van der Waals surface area contributed by atoms with E-state index in [-0.39, 0.29) is 5.78 Å². The van der Waals surface area contributed by atoms with Crippen LogP contribution in [0.1, 0.15) is 27.2 Å². The van der Waals surface area contributed by atoms with Crippen LogP contribution in [0.25, 0.3) is 0 Å². The van der Waals surface area contributed by atoms with Crippen LogP contribution in [0.5, 0.6) is 0 Å². The van der Waals surface area contributed by atoms with Crippen LogP contribution in [-0.2, 0) is 4.79 Å². The highest BCUT2D eigenvalue weighted by Crippen LogP contribution is 2.10. The third kappa shape index (κ3) is 3.91. The predicted molar refractivity (Wildman–Crippen MR) is 53.0 cm³/mol. The van der Waals surface area contributed by atoms with E-state index >= 15 is 0 Å². The minimum atomic E-state index is 0.0734. The molecule has 0 aromatic heterocycles. The molecule has 0 aliphatic carbocycles. The first-order valence-corrected chi connectivity index (χ1v) is 4.06. The van der Waals surface area contributed by atoms with Gasteiger partial charge < -0.3 is 0 Å². The Balaban J connectivity index is 4.46. The van der Waals surface area contributed by atoms with Crippen LogP contribution in [0.4, 0.5) is 0 Å². The Kier molecular flexibility index (Phi) is 5.02. The van der Waals surface area contributed by atoms with Crippen LogP contribution in [0, 0.1) is 0 Å². The molecule has 0 aromatic rings. The Morgan fingerprint density at radius 3 is 2.33 bits per heavy atom. The molecule has 0 saturated heterocycles. The first-order valence-electron chi connectivity index (χ1n) is 4.06. The number of rotatable bonds is 4. The summed E-state index contributed by atoms with van der Waals surface area (Å²) in [5.41, 5.74) is 2.27. The van der Waals surface area contributed by atoms with Crippen LogP contribution >= 0.6 is 0 Å². The maximum atomic E-state index is 11.0. The van der Waals surface area contributed by atoms with Crippen molar-refractivity contribution >= 4 is 5.78 Å². The van der Waals surface area contributed by atoms with Gasteiger partial charge in [0, 0.05) is 6.42 Å². The quantitative estimate of drug-likeness (QED) is 0.461. The van der Waals surface area contributed by atoms with Crippen LogP contribution in [0.3, 0.4) is 0 Å². The van der Waals surface area contributed by atoms with Crippen molar-refractivity contribution < 1.29 is 4.79 Å². The fourth-order valence-electron chi connectivity index (χ4n) is 0.863. The molecular formula is C11H16O. The molecule has 66 valence electrons. The van der Waals surface area contributed by atoms with Crippen molar-refractivity contribution in [1.29, 1.82) is 0 Å². The molecule has 0 aliphatic heterocycles. The lowest BCUT2D eigenvalue weighted by molar-refractivity contribution is -0.113. The van der Waals surface area contributed by atoms with Crippen LogP contribution in [0.2, 0.25) is 0 Å². The molecule has 0 amide bonds. The number of hydrogen-bond acceptors (Lipinski definition) is 1. The highest BCUT2D eigenvalue weighted by atomic mass is 16.1. The zero-order valence-corrected chi connectivity index (χ0v) is 8.05. The molecule has 0 atom stereocenters. The van der Waals surface area contributed by atoms with Crippen LogP contribution in [-0.4, -0.2) is 5.78 Å². The second-order valence-corrected chi connectivity index (χ2v) is 2.87. The summed E-state index contributed by atoms with van der Waals surface area (Å²) < 4.78 is 0. The molecule has 0 spiro atoms. The molecule has 0 rings (SSSR count). The fourth-order valence-corrected chi connectivity index (χ4v) is 0.863. The molecule has 0 fully saturated rings. The highest BCUT2D eigenvalue weighted by molar-refractivity contribution is 5.91. The normalized spacial score (nSPS) is 9.92. The van der Waals surface area contributed by atoms with Crippen molar-refractivity contribution in [2.24, 2.45) is 0 Å². The van der Waals surface area contributed by atoms with Gasteiger partial charge in [-0.15, -0.1) is 0 Å². The highest BCUT2D eigenvalue weighted by Gasteiger charge is 2.00. The lowest BCUT2D eigenvalue weighted by Gasteiger charge is -2.01. The van der Waals surface area contributed by atoms with Crippen molar-refractivity contribution in [2.75, 3.05) is 0 Å². The number of carbonyl (C=O) groups excluding carboxylic acids is 1. The van der Waals surface area contributed by atoms with Crippen molar-refractivity contribution in [1.82, 2.24) is 0 Å². The first kappa shape index (κ1) is 10.9. The minimum absolute atomic E-state index is 0.0734. The van der Waals surface area contributed by atoms with Gasteiger partial charge in [0.1, 0.15) is 0 Å². The number of allylic oxidation sites excluding steroid dienone is 5. The fraction of sp³-hybridized carbons (Fsp3) is 0.364. The van der Waals surface area contributed by atoms with Gasteiger partial charge >= 0.3 is 0 Å². The second kappa shape index (κ2) is 5.53. The molecule has 1 heteroatoms. The third-order valence-corrected chi connectivity index (χ3v) is 1.60. The minimum Gasteiger partial charge on any atom is -0.295 e. The van der Waals surface area contributed by atoms with Gasteiger partial charge in [0.2, 0.25) is 0 Å². The SMILES string of the molecule is C=CC(=O)CC(/C=C\C)=C(C)C. The van der Waals surface area contributed by atoms with Gasteiger partial charge in [-0.3, -0.25) is 4.79 Å². The lowest BCUT2D eigenvalue weighted by Crippen LogP contribution is -1.94. The second-order valence-electron chi connectivity index (χ2n) is 2.87. The Hall–Kier alpha value is -1.11. The zero-order chi connectivity index (χ0) is 9.56. The van der Waals surface area contributed by atoms with Gasteiger partial charge in [-0.1, -0.05) is 24.3 Å². The van der Waals surface area contributed by atoms with Gasteiger partial charge in [0.05, 0.1) is 0 Å². The van der Waals surface area contributed by atoms with E-state index in [9.17, 15) is 4.79 Å². The molecule has 0 aliphatic rings. The molecule has 0 unspecified atom stereocenters. The maximum absolute atomic E-state index is 11.0. The summed E-state index contributed by atoms with van der Waals surface area (Å²) in [5, 5.41) is 0. The van der Waals surface area contributed by atoms with Gasteiger partial charge in [-0.2, -0.15) is 0 Å². The standard InChI is InChI=1S/C11H16O/c1-5-7-10(9(3)4)8-11(12)6-2/h5-7H,2,8H2,1,3-4H3/b7-5-. The molecule has 0 bridgehead atoms. The van der Waals surface area contributed by atoms with E-state index in [2.05, 4.69) is 6.58 Å². The molecule has 1 nitrogen and oxygen atoms in total. The van der Waals surface area contributed by atoms with E-state index in [1.807, 2.05) is 32.9 Å². The largest absolute Gasteiger partial charge is 0.295 e. The predicted octanol–water partition coefficient (Wildman–Crippen LogP) is 3.04. The van der Waals surface area contributed by atoms with Crippen LogP contribution in [0.15, 0.2) is 36.0 Å². The molecule has 12 heavy (non-hydrogen) atoms. The summed E-state index contributed by atoms with van der Waals surface area (Å²) in [6.45, 7) is 9.39. The van der Waals surface area contributed by atoms with Gasteiger partial charge in [0.25, 0.3) is 0 Å². The number of hydrogen-bond donors (Lipinski definition) is 0. The Labute approximate surface area is 74.5 Å². The average Bonchev–Trinajstić information content (AvgIpc) is 2.03. The van der Waals surface area contributed by atoms with Crippen molar-refractivity contribution in [3.8, 4) is 0 Å². The van der Waals surface area contributed by atoms with Gasteiger partial charge in [0.15, 0.2) is 5.78 Å². The zero-order valence-electron chi connectivity index (χ0n) is 8.05. The van der Waals surface area contributed by atoms with E-state index in [1.54, 1.807) is 0 Å². The summed E-state index contributed by atoms with van der Waals surface area (Å²) in [7, 11) is 0. The van der Waals surface area contributed by atoms with Crippen LogP contribution < -0.4 is 0 Å². The number of carbonyl (C=O) groups is 1. The van der Waals surface area contributed by atoms with Crippen molar-refractivity contribution in [3.05, 3.63) is 36.0 Å². The first-order chi connectivity index (χ1) is 5.61. The Bertz CT molecular complexity index is 227. The van der Waals surface area contributed by atoms with E-state index in [1.165, 1.54) is 11.6 Å². The third-order valence-electron chi connectivity index (χ3n) is 1.60. The molecular weight excluding hydrogens is 148 g/mol. The monoisotopic (exact) mass is 164 g/mol. The topological polar surface area (TPSA) is 17.1 Å². The maximum Gasteiger partial charge on any atom is 0.159 e. The average molecular weight is 164 g/mol. The van der Waals surface area contributed by atoms with Crippen molar-refractivity contribution in [2.45, 2.75) is 27.2 Å². The number of ketones is 1. The molecule has 0 N–H and O–H groups in total.